The second kappa shape index (κ2) is 5.38. The largest absolute Gasteiger partial charge is 0.459 e. The SMILES string of the molecule is Cc1ccc2oc(C(N)CCC3CCCC3)cc2c1. The van der Waals surface area contributed by atoms with Gasteiger partial charge >= 0.3 is 0 Å². The van der Waals surface area contributed by atoms with Crippen LogP contribution in [0.5, 0.6) is 0 Å². The average Bonchev–Trinajstić information content (AvgIpc) is 3.04. The molecule has 2 nitrogen and oxygen atoms in total. The maximum absolute atomic E-state index is 6.28. The van der Waals surface area contributed by atoms with Gasteiger partial charge in [0, 0.05) is 5.39 Å². The molecule has 1 atom stereocenters. The Balaban J connectivity index is 1.68. The molecule has 1 heterocycles. The van der Waals surface area contributed by atoms with Crippen LogP contribution in [0.2, 0.25) is 0 Å². The first-order valence-electron chi connectivity index (χ1n) is 7.48. The quantitative estimate of drug-likeness (QED) is 0.861. The van der Waals surface area contributed by atoms with E-state index in [4.69, 9.17) is 10.2 Å². The van der Waals surface area contributed by atoms with E-state index in [0.29, 0.717) is 0 Å². The van der Waals surface area contributed by atoms with Gasteiger partial charge in [0.05, 0.1) is 6.04 Å². The normalized spacial score (nSPS) is 18.2. The molecule has 0 amide bonds. The molecule has 0 spiro atoms. The van der Waals surface area contributed by atoms with E-state index in [2.05, 4.69) is 25.1 Å². The van der Waals surface area contributed by atoms with Crippen LogP contribution in [0.15, 0.2) is 28.7 Å². The molecule has 0 bridgehead atoms. The van der Waals surface area contributed by atoms with Crippen molar-refractivity contribution in [3.8, 4) is 0 Å². The molecule has 2 heteroatoms. The van der Waals surface area contributed by atoms with E-state index >= 15 is 0 Å². The van der Waals surface area contributed by atoms with Gasteiger partial charge in [0.2, 0.25) is 0 Å². The van der Waals surface area contributed by atoms with E-state index < -0.39 is 0 Å². The van der Waals surface area contributed by atoms with E-state index in [-0.39, 0.29) is 6.04 Å². The lowest BCUT2D eigenvalue weighted by molar-refractivity contribution is 0.415. The third kappa shape index (κ3) is 2.84. The van der Waals surface area contributed by atoms with E-state index in [0.717, 1.165) is 23.7 Å². The Labute approximate surface area is 115 Å². The molecular formula is C17H23NO. The van der Waals surface area contributed by atoms with Gasteiger partial charge in [-0.1, -0.05) is 37.3 Å². The standard InChI is InChI=1S/C17H23NO/c1-12-6-9-16-14(10-12)11-17(19-16)15(18)8-7-13-4-2-3-5-13/h6,9-11,13,15H,2-5,7-8,18H2,1H3. The third-order valence-electron chi connectivity index (χ3n) is 4.42. The lowest BCUT2D eigenvalue weighted by Crippen LogP contribution is -2.10. The highest BCUT2D eigenvalue weighted by Gasteiger charge is 2.18. The second-order valence-corrected chi connectivity index (χ2v) is 6.02. The predicted octanol–water partition coefficient (Wildman–Crippen LogP) is 4.71. The molecular weight excluding hydrogens is 234 g/mol. The van der Waals surface area contributed by atoms with Gasteiger partial charge in [0.25, 0.3) is 0 Å². The molecule has 2 N–H and O–H groups in total. The van der Waals surface area contributed by atoms with Crippen LogP contribution in [0.3, 0.4) is 0 Å². The van der Waals surface area contributed by atoms with Gasteiger partial charge in [-0.15, -0.1) is 0 Å². The van der Waals surface area contributed by atoms with E-state index in [9.17, 15) is 0 Å². The van der Waals surface area contributed by atoms with Crippen molar-refractivity contribution in [1.29, 1.82) is 0 Å². The molecule has 1 aromatic heterocycles. The zero-order valence-electron chi connectivity index (χ0n) is 11.7. The minimum atomic E-state index is 0.0494. The molecule has 1 saturated carbocycles. The van der Waals surface area contributed by atoms with Gasteiger partial charge in [0.15, 0.2) is 0 Å². The molecule has 102 valence electrons. The summed E-state index contributed by atoms with van der Waals surface area (Å²) in [7, 11) is 0. The van der Waals surface area contributed by atoms with Crippen molar-refractivity contribution >= 4 is 11.0 Å². The van der Waals surface area contributed by atoms with Crippen molar-refractivity contribution in [2.24, 2.45) is 11.7 Å². The lowest BCUT2D eigenvalue weighted by Gasteiger charge is -2.12. The molecule has 1 aliphatic carbocycles. The van der Waals surface area contributed by atoms with Gasteiger partial charge in [0.1, 0.15) is 11.3 Å². The van der Waals surface area contributed by atoms with Crippen LogP contribution < -0.4 is 5.73 Å². The molecule has 1 aromatic carbocycles. The average molecular weight is 257 g/mol. The van der Waals surface area contributed by atoms with Crippen LogP contribution in [0.1, 0.15) is 55.9 Å². The summed E-state index contributed by atoms with van der Waals surface area (Å²) in [5.74, 6) is 1.84. The predicted molar refractivity (Wildman–Crippen MR) is 79.1 cm³/mol. The third-order valence-corrected chi connectivity index (χ3v) is 4.42. The topological polar surface area (TPSA) is 39.2 Å². The first-order valence-corrected chi connectivity index (χ1v) is 7.48. The summed E-state index contributed by atoms with van der Waals surface area (Å²) < 4.78 is 5.88. The first-order chi connectivity index (χ1) is 9.22. The molecule has 1 aliphatic rings. The first kappa shape index (κ1) is 12.7. The monoisotopic (exact) mass is 257 g/mol. The zero-order chi connectivity index (χ0) is 13.2. The van der Waals surface area contributed by atoms with Crippen LogP contribution in [0.4, 0.5) is 0 Å². The highest BCUT2D eigenvalue weighted by atomic mass is 16.3. The van der Waals surface area contributed by atoms with Crippen LogP contribution in [0, 0.1) is 12.8 Å². The summed E-state index contributed by atoms with van der Waals surface area (Å²) in [5, 5.41) is 1.17. The fourth-order valence-electron chi connectivity index (χ4n) is 3.22. The van der Waals surface area contributed by atoms with Gasteiger partial charge in [-0.2, -0.15) is 0 Å². The highest BCUT2D eigenvalue weighted by Crippen LogP contribution is 2.32. The summed E-state index contributed by atoms with van der Waals surface area (Å²) >= 11 is 0. The van der Waals surface area contributed by atoms with Crippen molar-refractivity contribution < 1.29 is 4.42 Å². The van der Waals surface area contributed by atoms with E-state index in [1.165, 1.54) is 43.1 Å². The van der Waals surface area contributed by atoms with Crippen molar-refractivity contribution in [2.45, 2.75) is 51.5 Å². The zero-order valence-corrected chi connectivity index (χ0v) is 11.7. The molecule has 3 rings (SSSR count). The molecule has 1 unspecified atom stereocenters. The van der Waals surface area contributed by atoms with Crippen LogP contribution in [0.25, 0.3) is 11.0 Å². The van der Waals surface area contributed by atoms with Crippen LogP contribution in [-0.2, 0) is 0 Å². The molecule has 19 heavy (non-hydrogen) atoms. The van der Waals surface area contributed by atoms with Crippen LogP contribution in [-0.4, -0.2) is 0 Å². The Bertz CT molecular complexity index is 551. The second-order valence-electron chi connectivity index (χ2n) is 6.02. The van der Waals surface area contributed by atoms with Crippen molar-refractivity contribution in [3.05, 3.63) is 35.6 Å². The molecule has 0 aliphatic heterocycles. The van der Waals surface area contributed by atoms with Crippen molar-refractivity contribution in [3.63, 3.8) is 0 Å². The Hall–Kier alpha value is -1.28. The van der Waals surface area contributed by atoms with Gasteiger partial charge < -0.3 is 10.2 Å². The van der Waals surface area contributed by atoms with Crippen molar-refractivity contribution in [1.82, 2.24) is 0 Å². The number of hydrogen-bond donors (Lipinski definition) is 1. The Morgan fingerprint density at radius 2 is 2.05 bits per heavy atom. The number of hydrogen-bond acceptors (Lipinski definition) is 2. The number of aryl methyl sites for hydroxylation is 1. The molecule has 0 radical (unpaired) electrons. The Morgan fingerprint density at radius 3 is 2.84 bits per heavy atom. The number of benzene rings is 1. The van der Waals surface area contributed by atoms with Gasteiger partial charge in [-0.3, -0.25) is 0 Å². The molecule has 1 fully saturated rings. The van der Waals surface area contributed by atoms with E-state index in [1.54, 1.807) is 0 Å². The number of fused-ring (bicyclic) bond motifs is 1. The number of furan rings is 1. The van der Waals surface area contributed by atoms with E-state index in [1.807, 2.05) is 6.07 Å². The minimum absolute atomic E-state index is 0.0494. The summed E-state index contributed by atoms with van der Waals surface area (Å²) in [6, 6.07) is 8.44. The number of rotatable bonds is 4. The lowest BCUT2D eigenvalue weighted by atomic mass is 9.98. The Kier molecular flexibility index (Phi) is 3.61. The minimum Gasteiger partial charge on any atom is -0.459 e. The maximum Gasteiger partial charge on any atom is 0.134 e. The summed E-state index contributed by atoms with van der Waals surface area (Å²) in [5.41, 5.74) is 8.50. The van der Waals surface area contributed by atoms with Gasteiger partial charge in [-0.25, -0.2) is 0 Å². The fraction of sp³-hybridized carbons (Fsp3) is 0.529. The maximum atomic E-state index is 6.28. The molecule has 0 saturated heterocycles. The fourth-order valence-corrected chi connectivity index (χ4v) is 3.22. The summed E-state index contributed by atoms with van der Waals surface area (Å²) in [4.78, 5) is 0. The van der Waals surface area contributed by atoms with Crippen molar-refractivity contribution in [2.75, 3.05) is 0 Å². The Morgan fingerprint density at radius 1 is 1.26 bits per heavy atom. The summed E-state index contributed by atoms with van der Waals surface area (Å²) in [6.07, 6.45) is 7.90. The number of nitrogens with two attached hydrogens (primary N) is 1. The smallest absolute Gasteiger partial charge is 0.134 e. The highest BCUT2D eigenvalue weighted by molar-refractivity contribution is 5.78. The molecule has 2 aromatic rings. The van der Waals surface area contributed by atoms with Gasteiger partial charge in [-0.05, 0) is 43.9 Å². The summed E-state index contributed by atoms with van der Waals surface area (Å²) in [6.45, 7) is 2.10. The van der Waals surface area contributed by atoms with Crippen LogP contribution >= 0.6 is 0 Å².